The van der Waals surface area contributed by atoms with Gasteiger partial charge in [-0.3, -0.25) is 4.98 Å². The molecule has 0 unspecified atom stereocenters. The Hall–Kier alpha value is -3.57. The summed E-state index contributed by atoms with van der Waals surface area (Å²) in [6.45, 7) is 5.11. The molecule has 3 heterocycles. The molecule has 0 saturated heterocycles. The minimum absolute atomic E-state index is 0.405. The van der Waals surface area contributed by atoms with Gasteiger partial charge in [0.2, 0.25) is 0 Å². The number of pyridine rings is 1. The molecule has 5 heteroatoms. The number of fused-ring (bicyclic) bond motifs is 1. The van der Waals surface area contributed by atoms with E-state index >= 15 is 0 Å². The van der Waals surface area contributed by atoms with Crippen LogP contribution in [0.3, 0.4) is 0 Å². The molecule has 0 spiro atoms. The van der Waals surface area contributed by atoms with E-state index in [9.17, 15) is 0 Å². The quantitative estimate of drug-likeness (QED) is 0.307. The predicted molar refractivity (Wildman–Crippen MR) is 134 cm³/mol. The van der Waals surface area contributed by atoms with E-state index in [4.69, 9.17) is 9.97 Å². The summed E-state index contributed by atoms with van der Waals surface area (Å²) in [5, 5.41) is 5.63. The molecule has 5 rings (SSSR count). The molecule has 0 aliphatic carbocycles. The smallest absolute Gasteiger partial charge is 0.162 e. The van der Waals surface area contributed by atoms with E-state index in [0.717, 1.165) is 38.5 Å². The number of anilines is 1. The van der Waals surface area contributed by atoms with Crippen molar-refractivity contribution in [2.24, 2.45) is 0 Å². The number of nitrogens with one attached hydrogen (secondary N) is 1. The van der Waals surface area contributed by atoms with Gasteiger partial charge in [0.1, 0.15) is 5.82 Å². The van der Waals surface area contributed by atoms with Gasteiger partial charge in [0.05, 0.1) is 10.2 Å². The largest absolute Gasteiger partial charge is 0.365 e. The van der Waals surface area contributed by atoms with Gasteiger partial charge in [0.15, 0.2) is 5.82 Å². The van der Waals surface area contributed by atoms with Gasteiger partial charge in [-0.05, 0) is 45.7 Å². The summed E-state index contributed by atoms with van der Waals surface area (Å²) in [6, 6.07) is 23.1. The van der Waals surface area contributed by atoms with Gasteiger partial charge < -0.3 is 5.32 Å². The molecule has 0 atom stereocenters. The Morgan fingerprint density at radius 3 is 2.50 bits per heavy atom. The fraction of sp³-hybridized carbons (Fsp3) is 0.148. The highest BCUT2D eigenvalue weighted by Crippen LogP contribution is 2.32. The highest BCUT2D eigenvalue weighted by atomic mass is 32.1. The second-order valence-electron chi connectivity index (χ2n) is 8.06. The lowest BCUT2D eigenvalue weighted by atomic mass is 9.97. The summed E-state index contributed by atoms with van der Waals surface area (Å²) >= 11 is 1.67. The van der Waals surface area contributed by atoms with Crippen LogP contribution in [0.25, 0.3) is 32.7 Å². The molecule has 0 fully saturated rings. The average molecular weight is 437 g/mol. The first-order valence-electron chi connectivity index (χ1n) is 10.8. The summed E-state index contributed by atoms with van der Waals surface area (Å²) in [7, 11) is 0. The number of benzene rings is 2. The maximum absolute atomic E-state index is 4.95. The summed E-state index contributed by atoms with van der Waals surface area (Å²) in [6.07, 6.45) is 3.68. The second kappa shape index (κ2) is 8.89. The first-order valence-corrected chi connectivity index (χ1v) is 11.6. The number of hydrogen-bond donors (Lipinski definition) is 1. The SMILES string of the molecule is CC(C)c1ccccc1-c1nc(NCc2ccc(-c3cccnc3)cc2)c2sccc2n1. The zero-order valence-electron chi connectivity index (χ0n) is 18.1. The Morgan fingerprint density at radius 1 is 0.875 bits per heavy atom. The lowest BCUT2D eigenvalue weighted by molar-refractivity contribution is 0.866. The number of thiophene rings is 1. The minimum atomic E-state index is 0.405. The summed E-state index contributed by atoms with van der Waals surface area (Å²) in [5.41, 5.74) is 6.82. The number of rotatable bonds is 6. The first kappa shape index (κ1) is 20.3. The molecule has 158 valence electrons. The monoisotopic (exact) mass is 436 g/mol. The van der Waals surface area contributed by atoms with Gasteiger partial charge in [-0.1, -0.05) is 68.4 Å². The van der Waals surface area contributed by atoms with Crippen LogP contribution in [-0.4, -0.2) is 15.0 Å². The van der Waals surface area contributed by atoms with Gasteiger partial charge in [-0.2, -0.15) is 0 Å². The van der Waals surface area contributed by atoms with Gasteiger partial charge in [-0.25, -0.2) is 9.97 Å². The van der Waals surface area contributed by atoms with Crippen LogP contribution in [0.4, 0.5) is 5.82 Å². The van der Waals surface area contributed by atoms with Crippen LogP contribution >= 0.6 is 11.3 Å². The van der Waals surface area contributed by atoms with Gasteiger partial charge in [-0.15, -0.1) is 11.3 Å². The lowest BCUT2D eigenvalue weighted by Gasteiger charge is -2.13. The van der Waals surface area contributed by atoms with Crippen molar-refractivity contribution < 1.29 is 0 Å². The Bertz CT molecular complexity index is 1340. The molecule has 0 amide bonds. The van der Waals surface area contributed by atoms with Gasteiger partial charge in [0.25, 0.3) is 0 Å². The molecule has 3 aromatic heterocycles. The fourth-order valence-electron chi connectivity index (χ4n) is 3.84. The van der Waals surface area contributed by atoms with E-state index < -0.39 is 0 Å². The molecular formula is C27H24N4S. The van der Waals surface area contributed by atoms with E-state index in [1.807, 2.05) is 12.3 Å². The van der Waals surface area contributed by atoms with E-state index in [1.54, 1.807) is 17.5 Å². The summed E-state index contributed by atoms with van der Waals surface area (Å²) < 4.78 is 1.09. The minimum Gasteiger partial charge on any atom is -0.365 e. The second-order valence-corrected chi connectivity index (χ2v) is 8.98. The zero-order chi connectivity index (χ0) is 21.9. The van der Waals surface area contributed by atoms with Crippen LogP contribution < -0.4 is 5.32 Å². The van der Waals surface area contributed by atoms with E-state index in [1.165, 1.54) is 11.1 Å². The third kappa shape index (κ3) is 4.12. The number of nitrogens with zero attached hydrogens (tertiary/aromatic N) is 3. The van der Waals surface area contributed by atoms with Crippen molar-refractivity contribution >= 4 is 27.4 Å². The first-order chi connectivity index (χ1) is 15.7. The third-order valence-electron chi connectivity index (χ3n) is 5.54. The van der Waals surface area contributed by atoms with Crippen molar-refractivity contribution in [1.29, 1.82) is 0 Å². The van der Waals surface area contributed by atoms with Crippen molar-refractivity contribution in [3.05, 3.63) is 95.6 Å². The zero-order valence-corrected chi connectivity index (χ0v) is 18.9. The highest BCUT2D eigenvalue weighted by Gasteiger charge is 2.14. The van der Waals surface area contributed by atoms with Crippen LogP contribution in [0.1, 0.15) is 30.9 Å². The number of aromatic nitrogens is 3. The van der Waals surface area contributed by atoms with Crippen molar-refractivity contribution in [2.45, 2.75) is 26.3 Å². The molecule has 2 aromatic carbocycles. The Balaban J connectivity index is 1.43. The van der Waals surface area contributed by atoms with E-state index in [2.05, 4.69) is 90.2 Å². The predicted octanol–water partition coefficient (Wildman–Crippen LogP) is 7.16. The standard InChI is InChI=1S/C27H24N4S/c1-18(2)22-7-3-4-8-23(22)26-30-24-13-15-32-25(24)27(31-26)29-16-19-9-11-20(12-10-19)21-6-5-14-28-17-21/h3-15,17-18H,16H2,1-2H3,(H,29,30,31). The molecule has 0 radical (unpaired) electrons. The topological polar surface area (TPSA) is 50.7 Å². The maximum Gasteiger partial charge on any atom is 0.162 e. The van der Waals surface area contributed by atoms with Gasteiger partial charge in [0, 0.05) is 24.5 Å². The molecule has 4 nitrogen and oxygen atoms in total. The van der Waals surface area contributed by atoms with E-state index in [-0.39, 0.29) is 0 Å². The van der Waals surface area contributed by atoms with Crippen LogP contribution in [0, 0.1) is 0 Å². The van der Waals surface area contributed by atoms with Crippen molar-refractivity contribution in [3.8, 4) is 22.5 Å². The third-order valence-corrected chi connectivity index (χ3v) is 6.45. The van der Waals surface area contributed by atoms with Crippen molar-refractivity contribution in [1.82, 2.24) is 15.0 Å². The molecule has 0 bridgehead atoms. The normalized spacial score (nSPS) is 11.2. The Morgan fingerprint density at radius 2 is 1.72 bits per heavy atom. The Kier molecular flexibility index (Phi) is 5.65. The number of hydrogen-bond acceptors (Lipinski definition) is 5. The van der Waals surface area contributed by atoms with Crippen molar-refractivity contribution in [2.75, 3.05) is 5.32 Å². The molecule has 1 N–H and O–H groups in total. The van der Waals surface area contributed by atoms with Crippen LogP contribution in [0.5, 0.6) is 0 Å². The fourth-order valence-corrected chi connectivity index (χ4v) is 4.64. The molecule has 5 aromatic rings. The summed E-state index contributed by atoms with van der Waals surface area (Å²) in [4.78, 5) is 14.0. The van der Waals surface area contributed by atoms with E-state index in [0.29, 0.717) is 12.5 Å². The summed E-state index contributed by atoms with van der Waals surface area (Å²) in [5.74, 6) is 2.06. The molecule has 0 saturated carbocycles. The lowest BCUT2D eigenvalue weighted by Crippen LogP contribution is -2.04. The maximum atomic E-state index is 4.95. The molecule has 0 aliphatic heterocycles. The Labute approximate surface area is 192 Å². The highest BCUT2D eigenvalue weighted by molar-refractivity contribution is 7.17. The molecular weight excluding hydrogens is 412 g/mol. The average Bonchev–Trinajstić information content (AvgIpc) is 3.32. The van der Waals surface area contributed by atoms with Gasteiger partial charge >= 0.3 is 0 Å². The van der Waals surface area contributed by atoms with Crippen LogP contribution in [0.2, 0.25) is 0 Å². The van der Waals surface area contributed by atoms with Crippen molar-refractivity contribution in [3.63, 3.8) is 0 Å². The van der Waals surface area contributed by atoms with Crippen LogP contribution in [0.15, 0.2) is 84.5 Å². The van der Waals surface area contributed by atoms with Crippen LogP contribution in [-0.2, 0) is 6.54 Å². The molecule has 0 aliphatic rings. The molecule has 32 heavy (non-hydrogen) atoms.